The van der Waals surface area contributed by atoms with Crippen molar-refractivity contribution in [3.8, 4) is 0 Å². The molecule has 0 aromatic heterocycles. The second-order valence-electron chi connectivity index (χ2n) is 7.04. The molecule has 2 aliphatic rings. The van der Waals surface area contributed by atoms with E-state index in [2.05, 4.69) is 5.32 Å². The lowest BCUT2D eigenvalue weighted by Gasteiger charge is -2.39. The number of ether oxygens (including phenoxy) is 1. The highest BCUT2D eigenvalue weighted by atomic mass is 16.5. The maximum absolute atomic E-state index is 12.7. The monoisotopic (exact) mass is 346 g/mol. The molecule has 6 heteroatoms. The normalized spacial score (nSPS) is 23.3. The molecular weight excluding hydrogens is 320 g/mol. The zero-order valence-electron chi connectivity index (χ0n) is 14.4. The van der Waals surface area contributed by atoms with Crippen molar-refractivity contribution in [2.24, 2.45) is 5.92 Å². The zero-order valence-corrected chi connectivity index (χ0v) is 14.4. The van der Waals surface area contributed by atoms with Crippen LogP contribution in [-0.2, 0) is 20.9 Å². The van der Waals surface area contributed by atoms with E-state index in [9.17, 15) is 14.7 Å². The summed E-state index contributed by atoms with van der Waals surface area (Å²) >= 11 is 0. The first kappa shape index (κ1) is 17.9. The lowest BCUT2D eigenvalue weighted by atomic mass is 9.88. The summed E-state index contributed by atoms with van der Waals surface area (Å²) in [5, 5.41) is 12.8. The Balaban J connectivity index is 1.62. The number of aliphatic hydroxyl groups is 1. The minimum Gasteiger partial charge on any atom is -0.394 e. The summed E-state index contributed by atoms with van der Waals surface area (Å²) in [7, 11) is 0. The van der Waals surface area contributed by atoms with E-state index < -0.39 is 5.54 Å². The smallest absolute Gasteiger partial charge is 0.225 e. The average Bonchev–Trinajstić information content (AvgIpc) is 2.65. The van der Waals surface area contributed by atoms with Crippen LogP contribution >= 0.6 is 0 Å². The molecule has 2 N–H and O–H groups in total. The molecule has 0 saturated carbocycles. The molecule has 136 valence electrons. The SMILES string of the molecule is O=C(NC1(CO)CCOCC1)C1CCC(=O)N(Cc2ccccc2)C1. The summed E-state index contributed by atoms with van der Waals surface area (Å²) in [5.74, 6) is -0.204. The van der Waals surface area contributed by atoms with Crippen LogP contribution < -0.4 is 5.32 Å². The summed E-state index contributed by atoms with van der Waals surface area (Å²) in [5.41, 5.74) is 0.481. The first-order valence-corrected chi connectivity index (χ1v) is 8.94. The minimum atomic E-state index is -0.582. The van der Waals surface area contributed by atoms with Crippen LogP contribution in [0.5, 0.6) is 0 Å². The second kappa shape index (κ2) is 7.97. The van der Waals surface area contributed by atoms with Crippen LogP contribution in [0.3, 0.4) is 0 Å². The van der Waals surface area contributed by atoms with Gasteiger partial charge in [-0.1, -0.05) is 30.3 Å². The number of nitrogens with one attached hydrogen (secondary N) is 1. The molecule has 25 heavy (non-hydrogen) atoms. The third kappa shape index (κ3) is 4.38. The van der Waals surface area contributed by atoms with E-state index in [0.717, 1.165) is 5.56 Å². The van der Waals surface area contributed by atoms with Crippen LogP contribution in [0, 0.1) is 5.92 Å². The van der Waals surface area contributed by atoms with Crippen molar-refractivity contribution in [2.45, 2.75) is 37.8 Å². The number of amides is 2. The van der Waals surface area contributed by atoms with E-state index in [1.807, 2.05) is 30.3 Å². The van der Waals surface area contributed by atoms with Crippen molar-refractivity contribution < 1.29 is 19.4 Å². The van der Waals surface area contributed by atoms with Crippen molar-refractivity contribution in [1.82, 2.24) is 10.2 Å². The van der Waals surface area contributed by atoms with E-state index in [4.69, 9.17) is 4.74 Å². The number of benzene rings is 1. The Morgan fingerprint density at radius 3 is 2.68 bits per heavy atom. The van der Waals surface area contributed by atoms with Gasteiger partial charge in [0.1, 0.15) is 0 Å². The zero-order chi connectivity index (χ0) is 17.7. The van der Waals surface area contributed by atoms with Gasteiger partial charge in [0.25, 0.3) is 0 Å². The standard InChI is InChI=1S/C19H26N2O4/c22-14-19(8-10-25-11-9-19)20-18(24)16-6-7-17(23)21(13-16)12-15-4-2-1-3-5-15/h1-5,16,22H,6-14H2,(H,20,24). The van der Waals surface area contributed by atoms with Gasteiger partial charge in [0.15, 0.2) is 0 Å². The summed E-state index contributed by atoms with van der Waals surface area (Å²) in [6, 6.07) is 9.81. The number of piperidine rings is 1. The van der Waals surface area contributed by atoms with Crippen molar-refractivity contribution in [1.29, 1.82) is 0 Å². The fraction of sp³-hybridized carbons (Fsp3) is 0.579. The lowest BCUT2D eigenvalue weighted by Crippen LogP contribution is -2.57. The highest BCUT2D eigenvalue weighted by Crippen LogP contribution is 2.24. The van der Waals surface area contributed by atoms with Crippen LogP contribution in [0.2, 0.25) is 0 Å². The largest absolute Gasteiger partial charge is 0.394 e. The number of rotatable bonds is 5. The van der Waals surface area contributed by atoms with Gasteiger partial charge in [-0.05, 0) is 24.8 Å². The van der Waals surface area contributed by atoms with E-state index >= 15 is 0 Å². The molecule has 0 radical (unpaired) electrons. The van der Waals surface area contributed by atoms with Gasteiger partial charge in [-0.25, -0.2) is 0 Å². The van der Waals surface area contributed by atoms with Gasteiger partial charge in [0.2, 0.25) is 11.8 Å². The van der Waals surface area contributed by atoms with Crippen molar-refractivity contribution in [2.75, 3.05) is 26.4 Å². The Morgan fingerprint density at radius 2 is 2.00 bits per heavy atom. The third-order valence-electron chi connectivity index (χ3n) is 5.23. The Kier molecular flexibility index (Phi) is 5.71. The predicted octanol–water partition coefficient (Wildman–Crippen LogP) is 1.08. The molecule has 2 fully saturated rings. The number of carbonyl (C=O) groups is 2. The maximum Gasteiger partial charge on any atom is 0.225 e. The molecule has 3 rings (SSSR count). The average molecular weight is 346 g/mol. The van der Waals surface area contributed by atoms with Crippen LogP contribution in [0.15, 0.2) is 30.3 Å². The Bertz CT molecular complexity index is 599. The molecule has 0 aliphatic carbocycles. The molecule has 2 aliphatic heterocycles. The summed E-state index contributed by atoms with van der Waals surface area (Å²) in [6.45, 7) is 1.97. The number of nitrogens with zero attached hydrogens (tertiary/aromatic N) is 1. The molecule has 1 aromatic carbocycles. The number of likely N-dealkylation sites (tertiary alicyclic amines) is 1. The summed E-state index contributed by atoms with van der Waals surface area (Å²) < 4.78 is 5.34. The van der Waals surface area contributed by atoms with Crippen molar-refractivity contribution >= 4 is 11.8 Å². The van der Waals surface area contributed by atoms with Gasteiger partial charge in [0, 0.05) is 32.7 Å². The van der Waals surface area contributed by atoms with Gasteiger partial charge >= 0.3 is 0 Å². The topological polar surface area (TPSA) is 78.9 Å². The summed E-state index contributed by atoms with van der Waals surface area (Å²) in [4.78, 5) is 26.7. The first-order valence-electron chi connectivity index (χ1n) is 8.94. The molecule has 0 bridgehead atoms. The Morgan fingerprint density at radius 1 is 1.28 bits per heavy atom. The van der Waals surface area contributed by atoms with Crippen molar-refractivity contribution in [3.63, 3.8) is 0 Å². The van der Waals surface area contributed by atoms with Crippen LogP contribution in [-0.4, -0.2) is 53.7 Å². The molecule has 1 unspecified atom stereocenters. The number of carbonyl (C=O) groups excluding carboxylic acids is 2. The van der Waals surface area contributed by atoms with Gasteiger partial charge in [-0.15, -0.1) is 0 Å². The molecule has 2 saturated heterocycles. The lowest BCUT2D eigenvalue weighted by molar-refractivity contribution is -0.140. The number of hydrogen-bond donors (Lipinski definition) is 2. The quantitative estimate of drug-likeness (QED) is 0.836. The second-order valence-corrected chi connectivity index (χ2v) is 7.04. The van der Waals surface area contributed by atoms with Crippen LogP contribution in [0.1, 0.15) is 31.2 Å². The Hall–Kier alpha value is -1.92. The van der Waals surface area contributed by atoms with Gasteiger partial charge in [-0.3, -0.25) is 9.59 Å². The van der Waals surface area contributed by atoms with Crippen LogP contribution in [0.25, 0.3) is 0 Å². The van der Waals surface area contributed by atoms with Crippen molar-refractivity contribution in [3.05, 3.63) is 35.9 Å². The van der Waals surface area contributed by atoms with E-state index in [1.165, 1.54) is 0 Å². The first-order chi connectivity index (χ1) is 12.1. The third-order valence-corrected chi connectivity index (χ3v) is 5.23. The predicted molar refractivity (Wildman–Crippen MR) is 92.6 cm³/mol. The van der Waals surface area contributed by atoms with Gasteiger partial charge in [0.05, 0.1) is 18.1 Å². The molecule has 2 heterocycles. The molecule has 6 nitrogen and oxygen atoms in total. The van der Waals surface area contributed by atoms with Gasteiger partial charge in [-0.2, -0.15) is 0 Å². The fourth-order valence-corrected chi connectivity index (χ4v) is 3.53. The van der Waals surface area contributed by atoms with E-state index in [0.29, 0.717) is 52.0 Å². The number of hydrogen-bond acceptors (Lipinski definition) is 4. The minimum absolute atomic E-state index is 0.0680. The molecule has 1 atom stereocenters. The fourth-order valence-electron chi connectivity index (χ4n) is 3.53. The highest BCUT2D eigenvalue weighted by molar-refractivity contribution is 5.84. The van der Waals surface area contributed by atoms with E-state index in [1.54, 1.807) is 4.90 Å². The number of aliphatic hydroxyl groups excluding tert-OH is 1. The molecule has 2 amide bonds. The van der Waals surface area contributed by atoms with E-state index in [-0.39, 0.29) is 24.3 Å². The molecule has 0 spiro atoms. The van der Waals surface area contributed by atoms with Crippen LogP contribution in [0.4, 0.5) is 0 Å². The van der Waals surface area contributed by atoms with Gasteiger partial charge < -0.3 is 20.1 Å². The molecular formula is C19H26N2O4. The summed E-state index contributed by atoms with van der Waals surface area (Å²) in [6.07, 6.45) is 2.19. The highest BCUT2D eigenvalue weighted by Gasteiger charge is 2.37. The molecule has 1 aromatic rings. The maximum atomic E-state index is 12.7. The Labute approximate surface area is 148 Å².